The highest BCUT2D eigenvalue weighted by atomic mass is 31.2. The highest BCUT2D eigenvalue weighted by Crippen LogP contribution is 2.49. The van der Waals surface area contributed by atoms with Crippen LogP contribution in [0.1, 0.15) is 54.7 Å². The van der Waals surface area contributed by atoms with Crippen molar-refractivity contribution in [2.45, 2.75) is 90.3 Å². The third-order valence-corrected chi connectivity index (χ3v) is 8.30. The van der Waals surface area contributed by atoms with Crippen LogP contribution in [-0.4, -0.2) is 80.9 Å². The number of para-hydroxylation sites is 1. The molecule has 1 aliphatic rings. The van der Waals surface area contributed by atoms with Gasteiger partial charge in [-0.2, -0.15) is 15.1 Å². The largest absolute Gasteiger partial charge is 0.509 e. The Morgan fingerprint density at radius 3 is 2.49 bits per heavy atom. The number of ether oxygens (including phenoxy) is 4. The fourth-order valence-electron chi connectivity index (χ4n) is 4.69. The average molecular weight is 682 g/mol. The van der Waals surface area contributed by atoms with Gasteiger partial charge in [0.2, 0.25) is 5.95 Å². The lowest BCUT2D eigenvalue weighted by atomic mass is 9.98. The number of imidazole rings is 1. The molecule has 0 unspecified atom stereocenters. The first kappa shape index (κ1) is 35.8. The molecule has 1 aliphatic heterocycles. The first-order valence-electron chi connectivity index (χ1n) is 14.8. The van der Waals surface area contributed by atoms with E-state index in [0.29, 0.717) is 5.82 Å². The number of hydrogen-bond acceptors (Lipinski definition) is 14. The van der Waals surface area contributed by atoms with Crippen molar-refractivity contribution in [3.63, 3.8) is 0 Å². The second-order valence-corrected chi connectivity index (χ2v) is 13.9. The third-order valence-electron chi connectivity index (χ3n) is 6.66. The van der Waals surface area contributed by atoms with Crippen molar-refractivity contribution in [2.24, 2.45) is 0 Å². The zero-order valence-corrected chi connectivity index (χ0v) is 28.3. The van der Waals surface area contributed by atoms with Gasteiger partial charge in [0.15, 0.2) is 35.0 Å². The van der Waals surface area contributed by atoms with Gasteiger partial charge in [0.1, 0.15) is 23.5 Å². The van der Waals surface area contributed by atoms with Crippen LogP contribution in [-0.2, 0) is 32.8 Å². The van der Waals surface area contributed by atoms with Crippen LogP contribution < -0.4 is 20.7 Å². The summed E-state index contributed by atoms with van der Waals surface area (Å²) in [6.45, 7) is 10.1. The van der Waals surface area contributed by atoms with E-state index in [9.17, 15) is 14.2 Å². The van der Waals surface area contributed by atoms with Crippen LogP contribution in [0.25, 0.3) is 11.2 Å². The second-order valence-electron chi connectivity index (χ2n) is 12.2. The Labute approximate surface area is 271 Å². The van der Waals surface area contributed by atoms with Crippen LogP contribution in [0.4, 0.5) is 21.0 Å². The van der Waals surface area contributed by atoms with Crippen LogP contribution in [0.15, 0.2) is 36.7 Å². The Balaban J connectivity index is 1.68. The van der Waals surface area contributed by atoms with Gasteiger partial charge in [-0.05, 0) is 60.6 Å². The molecule has 1 aromatic carbocycles. The summed E-state index contributed by atoms with van der Waals surface area (Å²) in [7, 11) is -2.80. The molecular formula is C29H41FN7O9P. The Bertz CT molecular complexity index is 1620. The molecule has 0 amide bonds. The number of nitrogens with zero attached hydrogens (tertiary/aromatic N) is 4. The monoisotopic (exact) mass is 681 g/mol. The smallest absolute Gasteiger partial charge is 0.462 e. The highest BCUT2D eigenvalue weighted by molar-refractivity contribution is 7.52. The molecule has 16 nitrogen and oxygen atoms in total. The fraction of sp³-hybridized carbons (Fsp3) is 0.552. The van der Waals surface area contributed by atoms with Crippen molar-refractivity contribution >= 4 is 42.8 Å². The van der Waals surface area contributed by atoms with Gasteiger partial charge < -0.3 is 34.5 Å². The number of anilines is 2. The topological polar surface area (TPSA) is 200 Å². The molecule has 2 aromatic heterocycles. The molecular weight excluding hydrogens is 640 g/mol. The van der Waals surface area contributed by atoms with Gasteiger partial charge >= 0.3 is 19.9 Å². The maximum absolute atomic E-state index is 16.9. The number of nitrogen functional groups attached to an aromatic ring is 1. The van der Waals surface area contributed by atoms with Crippen molar-refractivity contribution < 1.29 is 46.5 Å². The molecule has 0 saturated carbocycles. The number of alkyl halides is 1. The number of carbonyl (C=O) groups excluding carboxylic acids is 2. The van der Waals surface area contributed by atoms with Crippen LogP contribution in [0.2, 0.25) is 0 Å². The molecule has 47 heavy (non-hydrogen) atoms. The quantitative estimate of drug-likeness (QED) is 0.178. The summed E-state index contributed by atoms with van der Waals surface area (Å²) >= 11 is 0. The van der Waals surface area contributed by atoms with E-state index in [-0.39, 0.29) is 22.9 Å². The SMILES string of the molecule is CNc1nc(N)nc2c1ncn2[C@@H]1O[C@H](CO[P@@](=O)(N[C@@H](C)C(=O)OC(C)C)Oc2ccccc2)[C@@H](OC(=O)OC(C)(C)C)[C@@]1(C)F. The molecule has 4 N–H and O–H groups in total. The van der Waals surface area contributed by atoms with Crippen molar-refractivity contribution in [3.8, 4) is 5.75 Å². The molecule has 0 aliphatic carbocycles. The Hall–Kier alpha value is -4.05. The fourth-order valence-corrected chi connectivity index (χ4v) is 6.19. The van der Waals surface area contributed by atoms with Crippen LogP contribution in [0.5, 0.6) is 5.75 Å². The lowest BCUT2D eigenvalue weighted by Gasteiger charge is -2.29. The maximum Gasteiger partial charge on any atom is 0.509 e. The van der Waals surface area contributed by atoms with E-state index < -0.39 is 68.3 Å². The number of hydrogen-bond donors (Lipinski definition) is 3. The number of rotatable bonds is 12. The Morgan fingerprint density at radius 2 is 1.87 bits per heavy atom. The molecule has 0 bridgehead atoms. The summed E-state index contributed by atoms with van der Waals surface area (Å²) < 4.78 is 65.9. The van der Waals surface area contributed by atoms with Crippen molar-refractivity contribution in [1.82, 2.24) is 24.6 Å². The first-order chi connectivity index (χ1) is 21.9. The normalized spacial score (nSPS) is 23.2. The summed E-state index contributed by atoms with van der Waals surface area (Å²) in [5, 5.41) is 5.42. The number of nitrogens with two attached hydrogens (primary N) is 1. The van der Waals surface area contributed by atoms with E-state index in [1.54, 1.807) is 59.9 Å². The Kier molecular flexibility index (Phi) is 10.6. The van der Waals surface area contributed by atoms with Crippen molar-refractivity contribution in [1.29, 1.82) is 0 Å². The number of aromatic nitrogens is 4. The number of nitrogens with one attached hydrogen (secondary N) is 2. The van der Waals surface area contributed by atoms with Gasteiger partial charge in [-0.15, -0.1) is 0 Å². The van der Waals surface area contributed by atoms with Crippen LogP contribution in [0, 0.1) is 0 Å². The number of halogens is 1. The second kappa shape index (κ2) is 14.0. The summed E-state index contributed by atoms with van der Waals surface area (Å²) in [5.41, 5.74) is 2.87. The molecule has 6 atom stereocenters. The maximum atomic E-state index is 16.9. The summed E-state index contributed by atoms with van der Waals surface area (Å²) in [6, 6.07) is 6.92. The molecule has 3 heterocycles. The minimum atomic E-state index is -4.41. The number of fused-ring (bicyclic) bond motifs is 1. The van der Waals surface area contributed by atoms with Gasteiger partial charge in [0, 0.05) is 7.05 Å². The zero-order valence-electron chi connectivity index (χ0n) is 27.4. The van der Waals surface area contributed by atoms with E-state index in [0.717, 1.165) is 6.92 Å². The van der Waals surface area contributed by atoms with E-state index >= 15 is 4.39 Å². The molecule has 4 rings (SSSR count). The summed E-state index contributed by atoms with van der Waals surface area (Å²) in [5.74, 6) is -0.383. The standard InChI is InChI=1S/C29H41FN7O9P/c1-16(2)42-24(38)17(3)36-47(40,46-18-12-10-9-11-13-18)41-14-19-21(44-27(39)45-28(4,5)6)29(7,30)25(43-19)37-15-33-20-22(32-8)34-26(31)35-23(20)37/h9-13,15-17,19,21,25H,14H2,1-8H3,(H,36,40)(H3,31,32,34,35)/t17-,19+,21+,25+,29+,47-/m0/s1. The minimum Gasteiger partial charge on any atom is -0.462 e. The molecule has 0 radical (unpaired) electrons. The van der Waals surface area contributed by atoms with Gasteiger partial charge in [-0.1, -0.05) is 18.2 Å². The lowest BCUT2D eigenvalue weighted by Crippen LogP contribution is -2.45. The molecule has 18 heteroatoms. The average Bonchev–Trinajstić information content (AvgIpc) is 3.48. The minimum absolute atomic E-state index is 0.112. The summed E-state index contributed by atoms with van der Waals surface area (Å²) in [6.07, 6.45) is -4.90. The van der Waals surface area contributed by atoms with E-state index in [4.69, 9.17) is 33.7 Å². The van der Waals surface area contributed by atoms with Crippen LogP contribution >= 0.6 is 7.75 Å². The predicted octanol–water partition coefficient (Wildman–Crippen LogP) is 4.53. The predicted molar refractivity (Wildman–Crippen MR) is 168 cm³/mol. The van der Waals surface area contributed by atoms with Crippen LogP contribution in [0.3, 0.4) is 0 Å². The third kappa shape index (κ3) is 8.66. The summed E-state index contributed by atoms with van der Waals surface area (Å²) in [4.78, 5) is 38.0. The molecule has 0 spiro atoms. The van der Waals surface area contributed by atoms with Crippen molar-refractivity contribution in [3.05, 3.63) is 36.7 Å². The van der Waals surface area contributed by atoms with E-state index in [1.807, 2.05) is 0 Å². The molecule has 258 valence electrons. The van der Waals surface area contributed by atoms with Crippen molar-refractivity contribution in [2.75, 3.05) is 24.7 Å². The van der Waals surface area contributed by atoms with Gasteiger partial charge in [-0.25, -0.2) is 18.7 Å². The lowest BCUT2D eigenvalue weighted by molar-refractivity contribution is -0.149. The zero-order chi connectivity index (χ0) is 34.7. The van der Waals surface area contributed by atoms with Gasteiger partial charge in [0.25, 0.3) is 0 Å². The number of carbonyl (C=O) groups is 2. The highest BCUT2D eigenvalue weighted by Gasteiger charge is 2.59. The molecule has 3 aromatic rings. The number of benzene rings is 1. The van der Waals surface area contributed by atoms with E-state index in [2.05, 4.69) is 25.4 Å². The van der Waals surface area contributed by atoms with E-state index in [1.165, 1.54) is 30.0 Å². The molecule has 1 saturated heterocycles. The first-order valence-corrected chi connectivity index (χ1v) is 16.4. The Morgan fingerprint density at radius 1 is 1.19 bits per heavy atom. The van der Waals surface area contributed by atoms with Gasteiger partial charge in [-0.3, -0.25) is 13.9 Å². The molecule has 1 fully saturated rings. The number of esters is 1. The van der Waals surface area contributed by atoms with Gasteiger partial charge in [0.05, 0.1) is 19.0 Å².